The molecule has 0 radical (unpaired) electrons. The van der Waals surface area contributed by atoms with E-state index in [0.29, 0.717) is 29.5 Å². The van der Waals surface area contributed by atoms with Gasteiger partial charge in [-0.1, -0.05) is 36.4 Å². The van der Waals surface area contributed by atoms with Crippen molar-refractivity contribution in [1.29, 1.82) is 0 Å². The first-order valence-corrected chi connectivity index (χ1v) is 9.90. The molecule has 1 amide bonds. The Balaban J connectivity index is 1.67. The number of rotatable bonds is 6. The number of H-pyrrole nitrogens is 1. The number of benzene rings is 2. The predicted octanol–water partition coefficient (Wildman–Crippen LogP) is 4.43. The van der Waals surface area contributed by atoms with Gasteiger partial charge >= 0.3 is 0 Å². The fraction of sp³-hybridized carbons (Fsp3) is 0.167. The zero-order valence-corrected chi connectivity index (χ0v) is 17.2. The Morgan fingerprint density at radius 3 is 2.55 bits per heavy atom. The number of aromatic nitrogens is 2. The zero-order valence-electron chi connectivity index (χ0n) is 17.2. The standard InChI is InChI=1S/C24H21N3O4/c1-29-18-11-10-16(13-19(18)30-2)23-20-21(15-7-4-3-5-8-15)25-26-22(20)24(28)27(23)14-17-9-6-12-31-17/h3-13,23H,14H2,1-2H3,(H,25,26)/t23-/m1/s1. The fourth-order valence-corrected chi connectivity index (χ4v) is 4.12. The molecule has 0 spiro atoms. The summed E-state index contributed by atoms with van der Waals surface area (Å²) in [6.07, 6.45) is 1.61. The first-order chi connectivity index (χ1) is 15.2. The van der Waals surface area contributed by atoms with E-state index in [2.05, 4.69) is 10.2 Å². The molecular weight excluding hydrogens is 394 g/mol. The summed E-state index contributed by atoms with van der Waals surface area (Å²) in [6, 6.07) is 18.9. The molecule has 0 fully saturated rings. The van der Waals surface area contributed by atoms with Gasteiger partial charge in [-0.05, 0) is 29.8 Å². The van der Waals surface area contributed by atoms with Crippen LogP contribution < -0.4 is 9.47 Å². The van der Waals surface area contributed by atoms with Gasteiger partial charge in [0, 0.05) is 11.1 Å². The summed E-state index contributed by atoms with van der Waals surface area (Å²) in [7, 11) is 3.20. The molecule has 2 aromatic carbocycles. The van der Waals surface area contributed by atoms with Crippen LogP contribution >= 0.6 is 0 Å². The average Bonchev–Trinajstić information content (AvgIpc) is 3.53. The maximum atomic E-state index is 13.4. The van der Waals surface area contributed by atoms with Gasteiger partial charge in [-0.15, -0.1) is 0 Å². The Hall–Kier alpha value is -4.00. The number of nitrogens with zero attached hydrogens (tertiary/aromatic N) is 2. The molecule has 1 N–H and O–H groups in total. The fourth-order valence-electron chi connectivity index (χ4n) is 4.12. The summed E-state index contributed by atoms with van der Waals surface area (Å²) >= 11 is 0. The summed E-state index contributed by atoms with van der Waals surface area (Å²) in [5.74, 6) is 1.81. The van der Waals surface area contributed by atoms with E-state index in [4.69, 9.17) is 13.9 Å². The number of hydrogen-bond acceptors (Lipinski definition) is 5. The lowest BCUT2D eigenvalue weighted by Gasteiger charge is -2.26. The quantitative estimate of drug-likeness (QED) is 0.504. The topological polar surface area (TPSA) is 80.6 Å². The molecule has 1 aliphatic heterocycles. The lowest BCUT2D eigenvalue weighted by atomic mass is 9.95. The van der Waals surface area contributed by atoms with Gasteiger partial charge in [0.25, 0.3) is 5.91 Å². The largest absolute Gasteiger partial charge is 0.493 e. The number of carbonyl (C=O) groups excluding carboxylic acids is 1. The molecule has 3 heterocycles. The molecule has 2 aromatic heterocycles. The molecule has 4 aromatic rings. The molecule has 7 nitrogen and oxygen atoms in total. The summed E-state index contributed by atoms with van der Waals surface area (Å²) in [5.41, 5.74) is 3.93. The highest BCUT2D eigenvalue weighted by molar-refractivity contribution is 6.00. The van der Waals surface area contributed by atoms with Crippen LogP contribution in [0.2, 0.25) is 0 Å². The van der Waals surface area contributed by atoms with Crippen molar-refractivity contribution in [2.45, 2.75) is 12.6 Å². The van der Waals surface area contributed by atoms with Crippen molar-refractivity contribution in [3.63, 3.8) is 0 Å². The van der Waals surface area contributed by atoms with Gasteiger partial charge in [-0.25, -0.2) is 0 Å². The van der Waals surface area contributed by atoms with Crippen molar-refractivity contribution >= 4 is 5.91 Å². The molecule has 1 atom stereocenters. The maximum Gasteiger partial charge on any atom is 0.273 e. The normalized spacial score (nSPS) is 15.2. The minimum absolute atomic E-state index is 0.124. The summed E-state index contributed by atoms with van der Waals surface area (Å²) in [4.78, 5) is 15.2. The smallest absolute Gasteiger partial charge is 0.273 e. The van der Waals surface area contributed by atoms with E-state index < -0.39 is 0 Å². The average molecular weight is 415 g/mol. The highest BCUT2D eigenvalue weighted by atomic mass is 16.5. The van der Waals surface area contributed by atoms with Crippen LogP contribution in [0.25, 0.3) is 11.3 Å². The minimum atomic E-state index is -0.360. The Bertz CT molecular complexity index is 1220. The van der Waals surface area contributed by atoms with Gasteiger partial charge in [-0.3, -0.25) is 9.89 Å². The molecule has 7 heteroatoms. The van der Waals surface area contributed by atoms with E-state index in [1.807, 2.05) is 60.7 Å². The summed E-state index contributed by atoms with van der Waals surface area (Å²) < 4.78 is 16.4. The lowest BCUT2D eigenvalue weighted by molar-refractivity contribution is 0.0717. The molecule has 0 bridgehead atoms. The molecule has 0 saturated carbocycles. The van der Waals surface area contributed by atoms with E-state index >= 15 is 0 Å². The van der Waals surface area contributed by atoms with Gasteiger partial charge in [-0.2, -0.15) is 5.10 Å². The van der Waals surface area contributed by atoms with E-state index in [0.717, 1.165) is 22.4 Å². The molecule has 5 rings (SSSR count). The van der Waals surface area contributed by atoms with Crippen LogP contribution in [0.1, 0.15) is 33.4 Å². The van der Waals surface area contributed by atoms with Crippen molar-refractivity contribution < 1.29 is 18.7 Å². The van der Waals surface area contributed by atoms with Gasteiger partial charge in [0.15, 0.2) is 11.5 Å². The van der Waals surface area contributed by atoms with Crippen molar-refractivity contribution in [3.8, 4) is 22.8 Å². The third-order valence-corrected chi connectivity index (χ3v) is 5.54. The number of hydrogen-bond donors (Lipinski definition) is 1. The third-order valence-electron chi connectivity index (χ3n) is 5.54. The van der Waals surface area contributed by atoms with Crippen molar-refractivity contribution in [1.82, 2.24) is 15.1 Å². The third kappa shape index (κ3) is 3.15. The van der Waals surface area contributed by atoms with E-state index in [9.17, 15) is 4.79 Å². The van der Waals surface area contributed by atoms with Gasteiger partial charge in [0.1, 0.15) is 11.5 Å². The minimum Gasteiger partial charge on any atom is -0.493 e. The molecule has 156 valence electrons. The number of aromatic amines is 1. The number of amides is 1. The van der Waals surface area contributed by atoms with E-state index in [1.165, 1.54) is 0 Å². The Morgan fingerprint density at radius 2 is 1.84 bits per heavy atom. The molecular formula is C24H21N3O4. The zero-order chi connectivity index (χ0) is 21.4. The number of ether oxygens (including phenoxy) is 2. The van der Waals surface area contributed by atoms with Crippen LogP contribution in [0.5, 0.6) is 11.5 Å². The highest BCUT2D eigenvalue weighted by Gasteiger charge is 2.42. The second-order valence-electron chi connectivity index (χ2n) is 7.26. The first-order valence-electron chi connectivity index (χ1n) is 9.90. The van der Waals surface area contributed by atoms with Crippen LogP contribution in [0.3, 0.4) is 0 Å². The van der Waals surface area contributed by atoms with Crippen LogP contribution in [-0.2, 0) is 6.54 Å². The van der Waals surface area contributed by atoms with Crippen LogP contribution in [0.4, 0.5) is 0 Å². The molecule has 1 aliphatic rings. The Labute approximate surface area is 179 Å². The first kappa shape index (κ1) is 19.0. The Kier molecular flexibility index (Phi) is 4.71. The number of furan rings is 1. The number of fused-ring (bicyclic) bond motifs is 1. The number of carbonyl (C=O) groups is 1. The summed E-state index contributed by atoms with van der Waals surface area (Å²) in [6.45, 7) is 0.335. The van der Waals surface area contributed by atoms with E-state index in [1.54, 1.807) is 25.4 Å². The number of nitrogens with one attached hydrogen (secondary N) is 1. The summed E-state index contributed by atoms with van der Waals surface area (Å²) in [5, 5.41) is 7.46. The molecule has 0 unspecified atom stereocenters. The molecule has 0 aliphatic carbocycles. The molecule has 0 saturated heterocycles. The van der Waals surface area contributed by atoms with Crippen molar-refractivity contribution in [3.05, 3.63) is 89.5 Å². The van der Waals surface area contributed by atoms with Crippen molar-refractivity contribution in [2.24, 2.45) is 0 Å². The van der Waals surface area contributed by atoms with Gasteiger partial charge < -0.3 is 18.8 Å². The highest BCUT2D eigenvalue weighted by Crippen LogP contribution is 2.45. The number of methoxy groups -OCH3 is 2. The van der Waals surface area contributed by atoms with Gasteiger partial charge in [0.05, 0.1) is 38.8 Å². The molecule has 31 heavy (non-hydrogen) atoms. The van der Waals surface area contributed by atoms with Crippen LogP contribution in [0, 0.1) is 0 Å². The monoisotopic (exact) mass is 415 g/mol. The second-order valence-corrected chi connectivity index (χ2v) is 7.26. The van der Waals surface area contributed by atoms with Crippen LogP contribution in [-0.4, -0.2) is 35.2 Å². The van der Waals surface area contributed by atoms with E-state index in [-0.39, 0.29) is 11.9 Å². The maximum absolute atomic E-state index is 13.4. The second kappa shape index (κ2) is 7.68. The Morgan fingerprint density at radius 1 is 1.03 bits per heavy atom. The van der Waals surface area contributed by atoms with Crippen LogP contribution in [0.15, 0.2) is 71.3 Å². The predicted molar refractivity (Wildman–Crippen MR) is 114 cm³/mol. The van der Waals surface area contributed by atoms with Crippen molar-refractivity contribution in [2.75, 3.05) is 14.2 Å². The lowest BCUT2D eigenvalue weighted by Crippen LogP contribution is -2.29. The van der Waals surface area contributed by atoms with Gasteiger partial charge in [0.2, 0.25) is 0 Å². The SMILES string of the molecule is COc1ccc([C@@H]2c3c(-c4ccccc4)n[nH]c3C(=O)N2Cc2ccco2)cc1OC.